The van der Waals surface area contributed by atoms with E-state index in [4.69, 9.17) is 61.0 Å². The van der Waals surface area contributed by atoms with Crippen molar-refractivity contribution in [1.82, 2.24) is 0 Å². The van der Waals surface area contributed by atoms with Crippen LogP contribution in [0.25, 0.3) is 0 Å². The molecule has 3 rings (SSSR count). The minimum absolute atomic E-state index is 0.0352. The largest absolute Gasteiger partial charge is 0.492 e. The highest BCUT2D eigenvalue weighted by Crippen LogP contribution is 2.28. The molecule has 0 fully saturated rings. The third-order valence-corrected chi connectivity index (χ3v) is 5.50. The summed E-state index contributed by atoms with van der Waals surface area (Å²) in [6.45, 7) is 0.747. The van der Waals surface area contributed by atoms with Crippen LogP contribution in [0.5, 0.6) is 11.5 Å². The number of carbonyl (C=O) groups is 2. The van der Waals surface area contributed by atoms with Gasteiger partial charge in [0, 0.05) is 28.6 Å². The number of hydrogen-bond donors (Lipinski definition) is 2. The number of halogens is 4. The molecule has 36 heavy (non-hydrogen) atoms. The topological polar surface area (TPSA) is 84.9 Å². The smallest absolute Gasteiger partial charge is 0.303 e. The van der Waals surface area contributed by atoms with Gasteiger partial charge in [-0.1, -0.05) is 64.6 Å². The maximum atomic E-state index is 11.7. The first-order chi connectivity index (χ1) is 17.2. The van der Waals surface area contributed by atoms with Crippen LogP contribution in [0.15, 0.2) is 66.7 Å². The van der Waals surface area contributed by atoms with Gasteiger partial charge in [-0.2, -0.15) is 0 Å². The molecule has 192 valence electrons. The molecule has 0 aliphatic rings. The summed E-state index contributed by atoms with van der Waals surface area (Å²) < 4.78 is 10.8. The third kappa shape index (κ3) is 11.9. The monoisotopic (exact) mass is 571 g/mol. The van der Waals surface area contributed by atoms with Crippen molar-refractivity contribution in [3.05, 3.63) is 86.8 Å². The first-order valence-electron chi connectivity index (χ1n) is 11.0. The molecule has 0 atom stereocenters. The van der Waals surface area contributed by atoms with Gasteiger partial charge in [0.15, 0.2) is 0 Å². The van der Waals surface area contributed by atoms with Gasteiger partial charge in [-0.3, -0.25) is 9.59 Å². The fraction of sp³-hybridized carbons (Fsp3) is 0.231. The van der Waals surface area contributed by atoms with Crippen molar-refractivity contribution in [2.24, 2.45) is 0 Å². The second-order valence-electron chi connectivity index (χ2n) is 7.36. The molecule has 0 saturated heterocycles. The van der Waals surface area contributed by atoms with Gasteiger partial charge in [-0.05, 0) is 61.4 Å². The average molecular weight is 573 g/mol. The Hall–Kier alpha value is -2.64. The number of carboxylic acids is 1. The molecular formula is C26H25Cl4NO5. The van der Waals surface area contributed by atoms with Crippen LogP contribution in [-0.4, -0.2) is 30.2 Å². The molecule has 0 radical (unpaired) electrons. The molecule has 0 aliphatic carbocycles. The average Bonchev–Trinajstić information content (AvgIpc) is 2.83. The molecule has 0 aliphatic heterocycles. The van der Waals surface area contributed by atoms with Gasteiger partial charge in [0.05, 0.1) is 23.3 Å². The van der Waals surface area contributed by atoms with Crippen LogP contribution in [0.3, 0.4) is 0 Å². The number of benzene rings is 3. The summed E-state index contributed by atoms with van der Waals surface area (Å²) in [5.41, 5.74) is 0.796. The predicted octanol–water partition coefficient (Wildman–Crippen LogP) is 8.03. The SMILES string of the molecule is O=C(CCCOc1ccc(Cl)cc1Cl)Nc1ccccc1.O=C(O)CCCOc1ccc(Cl)cc1Cl. The van der Waals surface area contributed by atoms with Crippen LogP contribution in [-0.2, 0) is 9.59 Å². The van der Waals surface area contributed by atoms with Crippen molar-refractivity contribution < 1.29 is 24.2 Å². The Morgan fingerprint density at radius 2 is 1.22 bits per heavy atom. The minimum atomic E-state index is -0.833. The third-order valence-electron chi connectivity index (χ3n) is 4.44. The lowest BCUT2D eigenvalue weighted by Gasteiger charge is -2.08. The molecule has 0 bridgehead atoms. The number of aliphatic carboxylic acids is 1. The first-order valence-corrected chi connectivity index (χ1v) is 12.5. The van der Waals surface area contributed by atoms with E-state index in [1.165, 1.54) is 0 Å². The van der Waals surface area contributed by atoms with Gasteiger partial charge in [-0.15, -0.1) is 0 Å². The molecular weight excluding hydrogens is 548 g/mol. The number of carboxylic acid groups (broad SMARTS) is 1. The molecule has 1 amide bonds. The van der Waals surface area contributed by atoms with Crippen molar-refractivity contribution in [2.75, 3.05) is 18.5 Å². The van der Waals surface area contributed by atoms with Crippen molar-refractivity contribution in [3.8, 4) is 11.5 Å². The number of hydrogen-bond acceptors (Lipinski definition) is 4. The van der Waals surface area contributed by atoms with E-state index in [1.807, 2.05) is 30.3 Å². The Labute approximate surface area is 230 Å². The number of para-hydroxylation sites is 1. The van der Waals surface area contributed by atoms with Gasteiger partial charge in [0.25, 0.3) is 0 Å². The van der Waals surface area contributed by atoms with E-state index in [0.29, 0.717) is 64.1 Å². The van der Waals surface area contributed by atoms with E-state index in [2.05, 4.69) is 5.32 Å². The van der Waals surface area contributed by atoms with Gasteiger partial charge >= 0.3 is 5.97 Å². The Bertz CT molecular complexity index is 1130. The van der Waals surface area contributed by atoms with Crippen molar-refractivity contribution in [3.63, 3.8) is 0 Å². The summed E-state index contributed by atoms with van der Waals surface area (Å²) in [5, 5.41) is 13.2. The molecule has 0 saturated carbocycles. The second-order valence-corrected chi connectivity index (χ2v) is 9.05. The number of nitrogens with one attached hydrogen (secondary N) is 1. The fourth-order valence-corrected chi connectivity index (χ4v) is 3.68. The van der Waals surface area contributed by atoms with Crippen LogP contribution in [0.2, 0.25) is 20.1 Å². The summed E-state index contributed by atoms with van der Waals surface area (Å²) in [4.78, 5) is 21.9. The maximum absolute atomic E-state index is 11.7. The Balaban J connectivity index is 0.000000269. The Morgan fingerprint density at radius 1 is 0.722 bits per heavy atom. The molecule has 3 aromatic rings. The second kappa shape index (κ2) is 16.2. The minimum Gasteiger partial charge on any atom is -0.492 e. The zero-order chi connectivity index (χ0) is 26.3. The van der Waals surface area contributed by atoms with Crippen molar-refractivity contribution >= 4 is 64.0 Å². The lowest BCUT2D eigenvalue weighted by molar-refractivity contribution is -0.137. The van der Waals surface area contributed by atoms with E-state index in [1.54, 1.807) is 36.4 Å². The normalized spacial score (nSPS) is 10.1. The summed E-state index contributed by atoms with van der Waals surface area (Å²) in [7, 11) is 0. The van der Waals surface area contributed by atoms with Crippen molar-refractivity contribution in [2.45, 2.75) is 25.7 Å². The highest BCUT2D eigenvalue weighted by Gasteiger charge is 2.05. The summed E-state index contributed by atoms with van der Waals surface area (Å²) in [6, 6.07) is 19.3. The van der Waals surface area contributed by atoms with E-state index >= 15 is 0 Å². The first kappa shape index (κ1) is 29.6. The molecule has 6 nitrogen and oxygen atoms in total. The lowest BCUT2D eigenvalue weighted by atomic mass is 10.2. The number of amides is 1. The molecule has 3 aromatic carbocycles. The van der Waals surface area contributed by atoms with Crippen LogP contribution in [0.1, 0.15) is 25.7 Å². The zero-order valence-corrected chi connectivity index (χ0v) is 22.2. The Morgan fingerprint density at radius 3 is 1.69 bits per heavy atom. The van der Waals surface area contributed by atoms with Gasteiger partial charge in [0.1, 0.15) is 11.5 Å². The summed E-state index contributed by atoms with van der Waals surface area (Å²) in [5.74, 6) is 0.226. The molecule has 0 spiro atoms. The van der Waals surface area contributed by atoms with E-state index in [0.717, 1.165) is 5.69 Å². The summed E-state index contributed by atoms with van der Waals surface area (Å²) in [6.07, 6.45) is 1.54. The Kier molecular flexibility index (Phi) is 13.3. The van der Waals surface area contributed by atoms with Crippen LogP contribution < -0.4 is 14.8 Å². The van der Waals surface area contributed by atoms with E-state index in [9.17, 15) is 9.59 Å². The number of rotatable bonds is 11. The fourth-order valence-electron chi connectivity index (χ4n) is 2.75. The number of carbonyl (C=O) groups excluding carboxylic acids is 1. The van der Waals surface area contributed by atoms with Crippen LogP contribution in [0, 0.1) is 0 Å². The zero-order valence-electron chi connectivity index (χ0n) is 19.2. The molecule has 0 heterocycles. The highest BCUT2D eigenvalue weighted by molar-refractivity contribution is 6.36. The van der Waals surface area contributed by atoms with Gasteiger partial charge < -0.3 is 19.9 Å². The maximum Gasteiger partial charge on any atom is 0.303 e. The molecule has 0 unspecified atom stereocenters. The summed E-state index contributed by atoms with van der Waals surface area (Å²) >= 11 is 23.3. The van der Waals surface area contributed by atoms with Gasteiger partial charge in [0.2, 0.25) is 5.91 Å². The van der Waals surface area contributed by atoms with E-state index < -0.39 is 5.97 Å². The quantitative estimate of drug-likeness (QED) is 0.227. The number of ether oxygens (including phenoxy) is 2. The molecule has 0 aromatic heterocycles. The predicted molar refractivity (Wildman–Crippen MR) is 145 cm³/mol. The van der Waals surface area contributed by atoms with E-state index in [-0.39, 0.29) is 12.3 Å². The molecule has 2 N–H and O–H groups in total. The standard InChI is InChI=1S/C16H15Cl2NO2.C10H10Cl2O3/c17-12-8-9-15(14(18)11-12)21-10-4-7-16(20)19-13-5-2-1-3-6-13;11-7-3-4-9(8(12)6-7)15-5-1-2-10(13)14/h1-3,5-6,8-9,11H,4,7,10H2,(H,19,20);3-4,6H,1-2,5H2,(H,13,14). The van der Waals surface area contributed by atoms with Crippen LogP contribution in [0.4, 0.5) is 5.69 Å². The number of anilines is 1. The van der Waals surface area contributed by atoms with Crippen molar-refractivity contribution in [1.29, 1.82) is 0 Å². The highest BCUT2D eigenvalue weighted by atomic mass is 35.5. The van der Waals surface area contributed by atoms with Gasteiger partial charge in [-0.25, -0.2) is 0 Å². The van der Waals surface area contributed by atoms with Crippen LogP contribution >= 0.6 is 46.4 Å². The molecule has 10 heteroatoms. The lowest BCUT2D eigenvalue weighted by Crippen LogP contribution is -2.12.